The van der Waals surface area contributed by atoms with E-state index in [4.69, 9.17) is 16.3 Å². The van der Waals surface area contributed by atoms with Crippen LogP contribution >= 0.6 is 11.6 Å². The zero-order valence-electron chi connectivity index (χ0n) is 17.8. The lowest BCUT2D eigenvalue weighted by molar-refractivity contribution is -0.120. The van der Waals surface area contributed by atoms with E-state index in [0.717, 1.165) is 36.6 Å². The summed E-state index contributed by atoms with van der Waals surface area (Å²) >= 11 is 6.08. The largest absolute Gasteiger partial charge is 0.495 e. The molecule has 9 heteroatoms. The van der Waals surface area contributed by atoms with E-state index in [9.17, 15) is 4.79 Å². The minimum Gasteiger partial charge on any atom is -0.495 e. The van der Waals surface area contributed by atoms with Gasteiger partial charge in [0.15, 0.2) is 11.6 Å². The van der Waals surface area contributed by atoms with Crippen molar-refractivity contribution in [2.24, 2.45) is 5.92 Å². The predicted octanol–water partition coefficient (Wildman–Crippen LogP) is 3.80. The maximum absolute atomic E-state index is 12.9. The Kier molecular flexibility index (Phi) is 6.08. The van der Waals surface area contributed by atoms with Crippen LogP contribution in [-0.2, 0) is 4.79 Å². The zero-order valence-corrected chi connectivity index (χ0v) is 18.6. The first-order chi connectivity index (χ1) is 14.9. The number of piperidine rings is 1. The van der Waals surface area contributed by atoms with E-state index in [1.807, 2.05) is 32.0 Å². The molecule has 0 saturated carbocycles. The summed E-state index contributed by atoms with van der Waals surface area (Å²) in [5.41, 5.74) is 2.52. The zero-order chi connectivity index (χ0) is 22.0. The fourth-order valence-electron chi connectivity index (χ4n) is 3.87. The average Bonchev–Trinajstić information content (AvgIpc) is 3.12. The van der Waals surface area contributed by atoms with Gasteiger partial charge in [-0.25, -0.2) is 4.68 Å². The number of aromatic nitrogens is 4. The number of ether oxygens (including phenoxy) is 1. The third-order valence-electron chi connectivity index (χ3n) is 5.40. The van der Waals surface area contributed by atoms with Gasteiger partial charge in [-0.1, -0.05) is 11.6 Å². The second-order valence-electron chi connectivity index (χ2n) is 7.71. The molecular weight excluding hydrogens is 416 g/mol. The fraction of sp³-hybridized carbons (Fsp3) is 0.364. The van der Waals surface area contributed by atoms with Crippen LogP contribution in [0.4, 0.5) is 11.5 Å². The molecule has 0 spiro atoms. The van der Waals surface area contributed by atoms with Crippen molar-refractivity contribution in [3.63, 3.8) is 0 Å². The number of nitrogens with zero attached hydrogens (tertiary/aromatic N) is 5. The van der Waals surface area contributed by atoms with Gasteiger partial charge in [0.1, 0.15) is 5.75 Å². The number of carbonyl (C=O) groups is 1. The van der Waals surface area contributed by atoms with Gasteiger partial charge in [-0.15, -0.1) is 10.2 Å². The van der Waals surface area contributed by atoms with Gasteiger partial charge >= 0.3 is 0 Å². The average molecular weight is 441 g/mol. The quantitative estimate of drug-likeness (QED) is 0.649. The van der Waals surface area contributed by atoms with Crippen LogP contribution in [0, 0.1) is 19.8 Å². The van der Waals surface area contributed by atoms with Crippen molar-refractivity contribution in [2.45, 2.75) is 26.7 Å². The van der Waals surface area contributed by atoms with E-state index in [0.29, 0.717) is 28.8 Å². The van der Waals surface area contributed by atoms with Crippen LogP contribution in [0.1, 0.15) is 24.2 Å². The molecule has 162 valence electrons. The third-order valence-corrected chi connectivity index (χ3v) is 5.63. The SMILES string of the molecule is COc1ccc(Cl)cc1NC(=O)C1CCCN(c2ccc(-n3nc(C)cc3C)nn2)C1. The minimum atomic E-state index is -0.171. The molecule has 31 heavy (non-hydrogen) atoms. The number of halogens is 1. The Balaban J connectivity index is 1.45. The van der Waals surface area contributed by atoms with Crippen LogP contribution in [0.15, 0.2) is 36.4 Å². The van der Waals surface area contributed by atoms with Crippen molar-refractivity contribution >= 4 is 29.0 Å². The lowest BCUT2D eigenvalue weighted by atomic mass is 9.97. The summed E-state index contributed by atoms with van der Waals surface area (Å²) in [6, 6.07) is 11.0. The number of aryl methyl sites for hydroxylation is 2. The summed E-state index contributed by atoms with van der Waals surface area (Å²) in [7, 11) is 1.57. The van der Waals surface area contributed by atoms with Gasteiger partial charge in [0.2, 0.25) is 5.91 Å². The predicted molar refractivity (Wildman–Crippen MR) is 120 cm³/mol. The lowest BCUT2D eigenvalue weighted by Gasteiger charge is -2.32. The smallest absolute Gasteiger partial charge is 0.229 e. The first-order valence-corrected chi connectivity index (χ1v) is 10.6. The molecule has 4 rings (SSSR count). The van der Waals surface area contributed by atoms with Gasteiger partial charge in [0.05, 0.1) is 24.4 Å². The summed E-state index contributed by atoms with van der Waals surface area (Å²) in [5.74, 6) is 1.78. The molecule has 0 aliphatic carbocycles. The van der Waals surface area contributed by atoms with Crippen molar-refractivity contribution in [2.75, 3.05) is 30.4 Å². The van der Waals surface area contributed by atoms with Crippen molar-refractivity contribution in [3.05, 3.63) is 52.8 Å². The molecule has 1 fully saturated rings. The summed E-state index contributed by atoms with van der Waals surface area (Å²) in [5, 5.41) is 16.7. The van der Waals surface area contributed by atoms with E-state index in [-0.39, 0.29) is 11.8 Å². The van der Waals surface area contributed by atoms with Crippen LogP contribution in [0.3, 0.4) is 0 Å². The number of carbonyl (C=O) groups excluding carboxylic acids is 1. The van der Waals surface area contributed by atoms with Crippen LogP contribution in [-0.4, -0.2) is 46.1 Å². The number of amides is 1. The molecule has 1 aromatic carbocycles. The normalized spacial score (nSPS) is 16.3. The number of benzene rings is 1. The Hall–Kier alpha value is -3.13. The Morgan fingerprint density at radius 1 is 1.16 bits per heavy atom. The van der Waals surface area contributed by atoms with Crippen LogP contribution in [0.5, 0.6) is 5.75 Å². The molecule has 1 unspecified atom stereocenters. The first kappa shape index (κ1) is 21.1. The molecule has 8 nitrogen and oxygen atoms in total. The fourth-order valence-corrected chi connectivity index (χ4v) is 4.04. The molecule has 1 amide bonds. The molecule has 3 aromatic rings. The first-order valence-electron chi connectivity index (χ1n) is 10.2. The van der Waals surface area contributed by atoms with Gasteiger partial charge in [0, 0.05) is 23.8 Å². The summed E-state index contributed by atoms with van der Waals surface area (Å²) in [6.07, 6.45) is 1.70. The number of nitrogens with one attached hydrogen (secondary N) is 1. The Morgan fingerprint density at radius 3 is 2.61 bits per heavy atom. The van der Waals surface area contributed by atoms with Crippen LogP contribution in [0.2, 0.25) is 5.02 Å². The maximum Gasteiger partial charge on any atom is 0.229 e. The molecule has 0 bridgehead atoms. The molecule has 2 aromatic heterocycles. The summed E-state index contributed by atoms with van der Waals surface area (Å²) in [4.78, 5) is 15.0. The van der Waals surface area contributed by atoms with Gasteiger partial charge < -0.3 is 15.0 Å². The Bertz CT molecular complexity index is 1080. The molecule has 1 N–H and O–H groups in total. The van der Waals surface area contributed by atoms with Crippen molar-refractivity contribution in [1.82, 2.24) is 20.0 Å². The number of methoxy groups -OCH3 is 1. The number of hydrogen-bond donors (Lipinski definition) is 1. The van der Waals surface area contributed by atoms with Gasteiger partial charge in [0.25, 0.3) is 0 Å². The highest BCUT2D eigenvalue weighted by Gasteiger charge is 2.27. The van der Waals surface area contributed by atoms with Crippen LogP contribution < -0.4 is 15.0 Å². The van der Waals surface area contributed by atoms with Gasteiger partial charge in [-0.3, -0.25) is 4.79 Å². The van der Waals surface area contributed by atoms with Gasteiger partial charge in [-0.2, -0.15) is 5.10 Å². The highest BCUT2D eigenvalue weighted by Crippen LogP contribution is 2.29. The van der Waals surface area contributed by atoms with E-state index in [2.05, 4.69) is 25.5 Å². The van der Waals surface area contributed by atoms with E-state index < -0.39 is 0 Å². The minimum absolute atomic E-state index is 0.0579. The van der Waals surface area contributed by atoms with Crippen molar-refractivity contribution in [1.29, 1.82) is 0 Å². The van der Waals surface area contributed by atoms with Crippen molar-refractivity contribution < 1.29 is 9.53 Å². The Morgan fingerprint density at radius 2 is 1.94 bits per heavy atom. The van der Waals surface area contributed by atoms with E-state index in [1.165, 1.54) is 0 Å². The summed E-state index contributed by atoms with van der Waals surface area (Å²) < 4.78 is 7.10. The Labute approximate surface area is 186 Å². The second kappa shape index (κ2) is 8.93. The van der Waals surface area contributed by atoms with Crippen molar-refractivity contribution in [3.8, 4) is 11.6 Å². The van der Waals surface area contributed by atoms with Gasteiger partial charge in [-0.05, 0) is 63.1 Å². The maximum atomic E-state index is 12.9. The number of rotatable bonds is 5. The molecule has 1 aliphatic rings. The lowest BCUT2D eigenvalue weighted by Crippen LogP contribution is -2.41. The number of anilines is 2. The number of hydrogen-bond acceptors (Lipinski definition) is 6. The molecular formula is C22H25ClN6O2. The monoisotopic (exact) mass is 440 g/mol. The van der Waals surface area contributed by atoms with E-state index >= 15 is 0 Å². The molecule has 1 saturated heterocycles. The van der Waals surface area contributed by atoms with Crippen LogP contribution in [0.25, 0.3) is 5.82 Å². The molecule has 1 atom stereocenters. The third kappa shape index (κ3) is 4.64. The molecule has 3 heterocycles. The summed E-state index contributed by atoms with van der Waals surface area (Å²) in [6.45, 7) is 5.34. The molecule has 1 aliphatic heterocycles. The second-order valence-corrected chi connectivity index (χ2v) is 8.14. The van der Waals surface area contributed by atoms with E-state index in [1.54, 1.807) is 30.0 Å². The highest BCUT2D eigenvalue weighted by molar-refractivity contribution is 6.31. The highest BCUT2D eigenvalue weighted by atomic mass is 35.5. The standard InChI is InChI=1S/C22H25ClN6O2/c1-14-11-15(2)29(27-14)21-9-8-20(25-26-21)28-10-4-5-16(13-28)22(30)24-18-12-17(23)6-7-19(18)31-3/h6-9,11-12,16H,4-5,10,13H2,1-3H3,(H,24,30). The topological polar surface area (TPSA) is 85.2 Å². The molecule has 0 radical (unpaired) electrons.